The molecule has 0 radical (unpaired) electrons. The van der Waals surface area contributed by atoms with Crippen LogP contribution in [0.3, 0.4) is 0 Å². The highest BCUT2D eigenvalue weighted by molar-refractivity contribution is 8.00. The number of rotatable bonds is 5. The monoisotopic (exact) mass is 487 g/mol. The number of amides is 2. The number of carbonyl (C=O) groups excluding carboxylic acids is 2. The van der Waals surface area contributed by atoms with Crippen molar-refractivity contribution in [1.82, 2.24) is 24.9 Å². The Bertz CT molecular complexity index is 835. The van der Waals surface area contributed by atoms with Crippen LogP contribution in [0.4, 0.5) is 4.79 Å². The highest BCUT2D eigenvalue weighted by Gasteiger charge is 2.32. The van der Waals surface area contributed by atoms with Gasteiger partial charge in [-0.3, -0.25) is 9.69 Å². The van der Waals surface area contributed by atoms with Gasteiger partial charge in [-0.15, -0.1) is 0 Å². The first-order valence-corrected chi connectivity index (χ1v) is 13.2. The van der Waals surface area contributed by atoms with Crippen LogP contribution in [0.25, 0.3) is 0 Å². The van der Waals surface area contributed by atoms with Gasteiger partial charge in [0.25, 0.3) is 0 Å². The highest BCUT2D eigenvalue weighted by atomic mass is 32.2. The fourth-order valence-electron chi connectivity index (χ4n) is 3.95. The van der Waals surface area contributed by atoms with Crippen molar-refractivity contribution in [2.24, 2.45) is 5.92 Å². The Morgan fingerprint density at radius 2 is 2.00 bits per heavy atom. The predicted molar refractivity (Wildman–Crippen MR) is 126 cm³/mol. The molecule has 3 rings (SSSR count). The summed E-state index contributed by atoms with van der Waals surface area (Å²) < 4.78 is 9.10. The fourth-order valence-corrected chi connectivity index (χ4v) is 5.69. The molecule has 2 saturated heterocycles. The third kappa shape index (κ3) is 7.16. The van der Waals surface area contributed by atoms with Crippen LogP contribution >= 0.6 is 35.3 Å². The van der Waals surface area contributed by atoms with Gasteiger partial charge in [0.15, 0.2) is 8.29 Å². The van der Waals surface area contributed by atoms with Gasteiger partial charge < -0.3 is 15.0 Å². The van der Waals surface area contributed by atoms with Crippen LogP contribution in [-0.4, -0.2) is 75.7 Å². The Morgan fingerprint density at radius 1 is 1.26 bits per heavy atom. The van der Waals surface area contributed by atoms with Gasteiger partial charge in [0.2, 0.25) is 5.91 Å². The average Bonchev–Trinajstić information content (AvgIpc) is 3.06. The molecule has 3 heterocycles. The number of hydrogen-bond acceptors (Lipinski definition) is 8. The number of thioether (sulfide) groups is 1. The van der Waals surface area contributed by atoms with E-state index in [-0.39, 0.29) is 24.0 Å². The number of nitrogens with one attached hydrogen (secondary N) is 1. The summed E-state index contributed by atoms with van der Waals surface area (Å²) >= 11 is 8.56. The summed E-state index contributed by atoms with van der Waals surface area (Å²) in [5.74, 6) is -0.150. The van der Waals surface area contributed by atoms with Crippen molar-refractivity contribution < 1.29 is 14.3 Å². The maximum Gasteiger partial charge on any atom is 0.410 e. The van der Waals surface area contributed by atoms with Gasteiger partial charge in [0, 0.05) is 32.2 Å². The van der Waals surface area contributed by atoms with E-state index in [4.69, 9.17) is 17.0 Å². The lowest BCUT2D eigenvalue weighted by atomic mass is 9.96. The molecule has 2 fully saturated rings. The third-order valence-electron chi connectivity index (χ3n) is 5.39. The number of carbonyl (C=O) groups is 2. The molecule has 0 aliphatic carbocycles. The van der Waals surface area contributed by atoms with Gasteiger partial charge in [-0.2, -0.15) is 5.10 Å². The molecule has 2 amide bonds. The average molecular weight is 488 g/mol. The van der Waals surface area contributed by atoms with Gasteiger partial charge in [-0.25, -0.2) is 9.48 Å². The molecule has 11 heteroatoms. The summed E-state index contributed by atoms with van der Waals surface area (Å²) in [6.45, 7) is 9.03. The number of piperidine rings is 2. The first-order chi connectivity index (χ1) is 14.6. The second-order valence-electron chi connectivity index (χ2n) is 9.17. The lowest BCUT2D eigenvalue weighted by molar-refractivity contribution is -0.127. The normalized spacial score (nSPS) is 22.9. The summed E-state index contributed by atoms with van der Waals surface area (Å²) in [6, 6.07) is 0.103. The second kappa shape index (κ2) is 10.6. The van der Waals surface area contributed by atoms with Crippen molar-refractivity contribution in [1.29, 1.82) is 0 Å². The first-order valence-electron chi connectivity index (χ1n) is 10.8. The summed E-state index contributed by atoms with van der Waals surface area (Å²) in [7, 11) is 0. The maximum absolute atomic E-state index is 12.9. The quantitative estimate of drug-likeness (QED) is 0.502. The van der Waals surface area contributed by atoms with Crippen LogP contribution in [-0.2, 0) is 16.2 Å². The van der Waals surface area contributed by atoms with Crippen LogP contribution in [0.5, 0.6) is 0 Å². The van der Waals surface area contributed by atoms with Gasteiger partial charge in [-0.1, -0.05) is 23.1 Å². The Kier molecular flexibility index (Phi) is 8.39. The van der Waals surface area contributed by atoms with Crippen LogP contribution < -0.4 is 5.32 Å². The molecular weight excluding hydrogens is 454 g/mol. The SMILES string of the molecule is CSc1nn(CN2CCC[C@H](NC(=O)[C@@H]3CCCN(C(=O)OC(C)(C)C)C3)C2)c(=S)s1. The minimum absolute atomic E-state index is 0.0371. The molecule has 31 heavy (non-hydrogen) atoms. The number of hydrogen-bond donors (Lipinski definition) is 1. The number of nitrogens with zero attached hydrogens (tertiary/aromatic N) is 4. The third-order valence-corrected chi connectivity index (χ3v) is 7.68. The van der Waals surface area contributed by atoms with Crippen LogP contribution in [0, 0.1) is 9.87 Å². The molecule has 0 unspecified atom stereocenters. The molecule has 0 bridgehead atoms. The minimum Gasteiger partial charge on any atom is -0.444 e. The number of ether oxygens (including phenoxy) is 1. The summed E-state index contributed by atoms with van der Waals surface area (Å²) in [5.41, 5.74) is -0.533. The zero-order chi connectivity index (χ0) is 22.6. The van der Waals surface area contributed by atoms with E-state index in [0.717, 1.165) is 47.1 Å². The Balaban J connectivity index is 1.51. The van der Waals surface area contributed by atoms with Crippen molar-refractivity contribution in [3.8, 4) is 0 Å². The van der Waals surface area contributed by atoms with Gasteiger partial charge in [-0.05, 0) is 64.9 Å². The number of likely N-dealkylation sites (tertiary alicyclic amines) is 2. The lowest BCUT2D eigenvalue weighted by Crippen LogP contribution is -2.52. The van der Waals surface area contributed by atoms with Gasteiger partial charge in [0.05, 0.1) is 12.6 Å². The first kappa shape index (κ1) is 24.5. The fraction of sp³-hybridized carbons (Fsp3) is 0.800. The molecule has 0 aromatic carbocycles. The van der Waals surface area contributed by atoms with Crippen molar-refractivity contribution in [3.63, 3.8) is 0 Å². The zero-order valence-corrected chi connectivity index (χ0v) is 21.2. The van der Waals surface area contributed by atoms with E-state index >= 15 is 0 Å². The smallest absolute Gasteiger partial charge is 0.410 e. The molecule has 2 aliphatic heterocycles. The molecule has 174 valence electrons. The van der Waals surface area contributed by atoms with Crippen molar-refractivity contribution >= 4 is 47.3 Å². The van der Waals surface area contributed by atoms with E-state index in [1.165, 1.54) is 11.3 Å². The van der Waals surface area contributed by atoms with Crippen molar-refractivity contribution in [2.75, 3.05) is 32.4 Å². The lowest BCUT2D eigenvalue weighted by Gasteiger charge is -2.36. The molecule has 1 N–H and O–H groups in total. The van der Waals surface area contributed by atoms with Crippen LogP contribution in [0.2, 0.25) is 0 Å². The largest absolute Gasteiger partial charge is 0.444 e. The molecule has 1 aromatic rings. The molecule has 2 atom stereocenters. The Labute approximate surface area is 197 Å². The zero-order valence-electron chi connectivity index (χ0n) is 18.8. The van der Waals surface area contributed by atoms with Gasteiger partial charge >= 0.3 is 6.09 Å². The van der Waals surface area contributed by atoms with Crippen LogP contribution in [0.15, 0.2) is 4.34 Å². The molecular formula is C20H33N5O3S3. The van der Waals surface area contributed by atoms with E-state index in [1.807, 2.05) is 31.7 Å². The number of aromatic nitrogens is 2. The summed E-state index contributed by atoms with van der Waals surface area (Å²) in [4.78, 5) is 29.3. The van der Waals surface area contributed by atoms with Crippen molar-refractivity contribution in [2.45, 2.75) is 69.1 Å². The Morgan fingerprint density at radius 3 is 2.68 bits per heavy atom. The van der Waals surface area contributed by atoms with E-state index in [9.17, 15) is 9.59 Å². The van der Waals surface area contributed by atoms with E-state index < -0.39 is 5.60 Å². The summed E-state index contributed by atoms with van der Waals surface area (Å²) in [5, 5.41) is 7.77. The van der Waals surface area contributed by atoms with E-state index in [2.05, 4.69) is 15.3 Å². The maximum atomic E-state index is 12.9. The minimum atomic E-state index is -0.533. The van der Waals surface area contributed by atoms with E-state index in [1.54, 1.807) is 16.7 Å². The summed E-state index contributed by atoms with van der Waals surface area (Å²) in [6.07, 6.45) is 5.26. The van der Waals surface area contributed by atoms with Crippen molar-refractivity contribution in [3.05, 3.63) is 3.95 Å². The van der Waals surface area contributed by atoms with Gasteiger partial charge in [0.1, 0.15) is 5.60 Å². The van der Waals surface area contributed by atoms with Crippen LogP contribution in [0.1, 0.15) is 46.5 Å². The van der Waals surface area contributed by atoms with E-state index in [0.29, 0.717) is 19.8 Å². The second-order valence-corrected chi connectivity index (χ2v) is 11.8. The highest BCUT2D eigenvalue weighted by Crippen LogP contribution is 2.22. The molecule has 0 spiro atoms. The molecule has 2 aliphatic rings. The molecule has 8 nitrogen and oxygen atoms in total. The molecule has 1 aromatic heterocycles. The topological polar surface area (TPSA) is 79.7 Å². The standard InChI is InChI=1S/C20H33N5O3S3/c1-20(2,3)28-18(27)24-10-5-7-14(11-24)16(26)21-15-8-6-9-23(12-15)13-25-19(29)31-17(22-25)30-4/h14-15H,5-13H2,1-4H3,(H,21,26)/t14-,15+/m1/s1. The Hall–Kier alpha value is -1.17. The molecule has 0 saturated carbocycles. The predicted octanol–water partition coefficient (Wildman–Crippen LogP) is 3.58.